The fourth-order valence-corrected chi connectivity index (χ4v) is 3.20. The summed E-state index contributed by atoms with van der Waals surface area (Å²) in [7, 11) is 0. The SMILES string of the molecule is Fc1cc(Br)c(Cl)cc1C(Br)C1CCCCO1. The molecule has 1 fully saturated rings. The van der Waals surface area contributed by atoms with Gasteiger partial charge in [-0.25, -0.2) is 4.39 Å². The fraction of sp³-hybridized carbons (Fsp3) is 0.500. The van der Waals surface area contributed by atoms with Gasteiger partial charge in [0.1, 0.15) is 5.82 Å². The van der Waals surface area contributed by atoms with E-state index < -0.39 is 0 Å². The first-order valence-corrected chi connectivity index (χ1v) is 7.58. The van der Waals surface area contributed by atoms with E-state index >= 15 is 0 Å². The van der Waals surface area contributed by atoms with Gasteiger partial charge in [-0.05, 0) is 47.3 Å². The predicted molar refractivity (Wildman–Crippen MR) is 74.4 cm³/mol. The lowest BCUT2D eigenvalue weighted by molar-refractivity contribution is 0.0156. The first kappa shape index (κ1) is 13.8. The summed E-state index contributed by atoms with van der Waals surface area (Å²) < 4.78 is 20.1. The Morgan fingerprint density at radius 1 is 1.41 bits per heavy atom. The normalized spacial score (nSPS) is 22.5. The lowest BCUT2D eigenvalue weighted by Crippen LogP contribution is -2.23. The van der Waals surface area contributed by atoms with E-state index in [4.69, 9.17) is 16.3 Å². The average molecular weight is 386 g/mol. The molecule has 0 bridgehead atoms. The van der Waals surface area contributed by atoms with Crippen LogP contribution in [0.3, 0.4) is 0 Å². The van der Waals surface area contributed by atoms with Crippen LogP contribution in [0.5, 0.6) is 0 Å². The molecule has 0 aliphatic carbocycles. The van der Waals surface area contributed by atoms with Crippen molar-refractivity contribution < 1.29 is 9.13 Å². The smallest absolute Gasteiger partial charge is 0.128 e. The fourth-order valence-electron chi connectivity index (χ4n) is 1.95. The molecule has 1 aromatic rings. The van der Waals surface area contributed by atoms with E-state index in [-0.39, 0.29) is 16.7 Å². The molecule has 17 heavy (non-hydrogen) atoms. The Hall–Kier alpha value is 0.360. The summed E-state index contributed by atoms with van der Waals surface area (Å²) in [5.74, 6) is -0.266. The van der Waals surface area contributed by atoms with Crippen LogP contribution in [0.1, 0.15) is 29.7 Å². The van der Waals surface area contributed by atoms with Crippen molar-refractivity contribution in [2.75, 3.05) is 6.61 Å². The van der Waals surface area contributed by atoms with Gasteiger partial charge in [-0.15, -0.1) is 0 Å². The van der Waals surface area contributed by atoms with Crippen LogP contribution in [0.4, 0.5) is 4.39 Å². The molecule has 1 nitrogen and oxygen atoms in total. The van der Waals surface area contributed by atoms with Gasteiger partial charge in [-0.3, -0.25) is 0 Å². The summed E-state index contributed by atoms with van der Waals surface area (Å²) in [4.78, 5) is -0.145. The molecular weight excluding hydrogens is 374 g/mol. The highest BCUT2D eigenvalue weighted by atomic mass is 79.9. The molecular formula is C12H12Br2ClFO. The predicted octanol–water partition coefficient (Wildman–Crippen LogP) is 5.25. The Morgan fingerprint density at radius 2 is 2.18 bits per heavy atom. The van der Waals surface area contributed by atoms with Gasteiger partial charge < -0.3 is 4.74 Å². The summed E-state index contributed by atoms with van der Waals surface area (Å²) in [6, 6.07) is 3.05. The second kappa shape index (κ2) is 6.00. The summed E-state index contributed by atoms with van der Waals surface area (Å²) in [6.45, 7) is 0.749. The molecule has 0 spiro atoms. The Bertz CT molecular complexity index is 408. The van der Waals surface area contributed by atoms with Crippen LogP contribution in [0.2, 0.25) is 5.02 Å². The van der Waals surface area contributed by atoms with Crippen LogP contribution in [0.15, 0.2) is 16.6 Å². The van der Waals surface area contributed by atoms with Gasteiger partial charge in [0.2, 0.25) is 0 Å². The first-order chi connectivity index (χ1) is 8.09. The van der Waals surface area contributed by atoms with E-state index in [2.05, 4.69) is 31.9 Å². The molecule has 0 N–H and O–H groups in total. The van der Waals surface area contributed by atoms with E-state index in [9.17, 15) is 4.39 Å². The number of alkyl halides is 1. The van der Waals surface area contributed by atoms with Crippen molar-refractivity contribution in [1.29, 1.82) is 0 Å². The third-order valence-corrected chi connectivity index (χ3v) is 5.16. The van der Waals surface area contributed by atoms with E-state index in [1.807, 2.05) is 0 Å². The molecule has 2 rings (SSSR count). The van der Waals surface area contributed by atoms with Gasteiger partial charge in [0.05, 0.1) is 16.0 Å². The first-order valence-electron chi connectivity index (χ1n) is 5.49. The number of benzene rings is 1. The van der Waals surface area contributed by atoms with Crippen molar-refractivity contribution >= 4 is 43.5 Å². The van der Waals surface area contributed by atoms with E-state index in [0.717, 1.165) is 25.9 Å². The monoisotopic (exact) mass is 384 g/mol. The largest absolute Gasteiger partial charge is 0.377 e. The summed E-state index contributed by atoms with van der Waals surface area (Å²) in [6.07, 6.45) is 3.18. The van der Waals surface area contributed by atoms with Crippen LogP contribution in [0, 0.1) is 5.82 Å². The molecule has 2 unspecified atom stereocenters. The minimum Gasteiger partial charge on any atom is -0.377 e. The van der Waals surface area contributed by atoms with Crippen molar-refractivity contribution in [2.24, 2.45) is 0 Å². The van der Waals surface area contributed by atoms with Crippen molar-refractivity contribution in [3.05, 3.63) is 33.0 Å². The second-order valence-corrected chi connectivity index (χ2v) is 6.34. The summed E-state index contributed by atoms with van der Waals surface area (Å²) in [5, 5.41) is 0.515. The van der Waals surface area contributed by atoms with Crippen molar-refractivity contribution in [3.63, 3.8) is 0 Å². The molecule has 0 amide bonds. The minimum absolute atomic E-state index is 0.0236. The van der Waals surface area contributed by atoms with Gasteiger partial charge in [0, 0.05) is 16.6 Å². The third-order valence-electron chi connectivity index (χ3n) is 2.88. The lowest BCUT2D eigenvalue weighted by atomic mass is 10.0. The highest BCUT2D eigenvalue weighted by molar-refractivity contribution is 9.10. The molecule has 2 atom stereocenters. The average Bonchev–Trinajstić information content (AvgIpc) is 2.34. The van der Waals surface area contributed by atoms with Gasteiger partial charge in [0.25, 0.3) is 0 Å². The summed E-state index contributed by atoms with van der Waals surface area (Å²) >= 11 is 12.7. The highest BCUT2D eigenvalue weighted by Crippen LogP contribution is 2.37. The number of hydrogen-bond donors (Lipinski definition) is 0. The number of ether oxygens (including phenoxy) is 1. The standard InChI is InChI=1S/C12H12Br2ClFO/c13-8-6-10(16)7(5-9(8)15)12(14)11-3-1-2-4-17-11/h5-6,11-12H,1-4H2. The van der Waals surface area contributed by atoms with Gasteiger partial charge in [-0.1, -0.05) is 27.5 Å². The third kappa shape index (κ3) is 3.22. The molecule has 1 aliphatic rings. The zero-order valence-electron chi connectivity index (χ0n) is 9.06. The number of hydrogen-bond acceptors (Lipinski definition) is 1. The van der Waals surface area contributed by atoms with Crippen LogP contribution < -0.4 is 0 Å². The van der Waals surface area contributed by atoms with Gasteiger partial charge >= 0.3 is 0 Å². The van der Waals surface area contributed by atoms with Gasteiger partial charge in [-0.2, -0.15) is 0 Å². The maximum Gasteiger partial charge on any atom is 0.128 e. The molecule has 0 aromatic heterocycles. The molecule has 0 saturated carbocycles. The Morgan fingerprint density at radius 3 is 2.82 bits per heavy atom. The Balaban J connectivity index is 2.23. The van der Waals surface area contributed by atoms with Gasteiger partial charge in [0.15, 0.2) is 0 Å². The van der Waals surface area contributed by atoms with Crippen molar-refractivity contribution in [1.82, 2.24) is 0 Å². The van der Waals surface area contributed by atoms with Crippen molar-refractivity contribution in [2.45, 2.75) is 30.2 Å². The van der Waals surface area contributed by atoms with E-state index in [0.29, 0.717) is 15.1 Å². The maximum atomic E-state index is 13.9. The topological polar surface area (TPSA) is 9.23 Å². The zero-order chi connectivity index (χ0) is 12.4. The molecule has 1 heterocycles. The van der Waals surface area contributed by atoms with Crippen molar-refractivity contribution in [3.8, 4) is 0 Å². The van der Waals surface area contributed by atoms with Crippen LogP contribution in [0.25, 0.3) is 0 Å². The lowest BCUT2D eigenvalue weighted by Gasteiger charge is -2.27. The molecule has 1 aliphatic heterocycles. The van der Waals surface area contributed by atoms with E-state index in [1.54, 1.807) is 6.07 Å². The second-order valence-electron chi connectivity index (χ2n) is 4.09. The molecule has 1 saturated heterocycles. The highest BCUT2D eigenvalue weighted by Gasteiger charge is 2.26. The Kier molecular flexibility index (Phi) is 4.87. The zero-order valence-corrected chi connectivity index (χ0v) is 13.0. The molecule has 1 aromatic carbocycles. The van der Waals surface area contributed by atoms with E-state index in [1.165, 1.54) is 6.07 Å². The van der Waals surface area contributed by atoms with Crippen LogP contribution in [-0.2, 0) is 4.74 Å². The molecule has 5 heteroatoms. The number of rotatable bonds is 2. The summed E-state index contributed by atoms with van der Waals surface area (Å²) in [5.41, 5.74) is 0.560. The van der Waals surface area contributed by atoms with Crippen LogP contribution in [-0.4, -0.2) is 12.7 Å². The quantitative estimate of drug-likeness (QED) is 0.498. The maximum absolute atomic E-state index is 13.9. The molecule has 94 valence electrons. The van der Waals surface area contributed by atoms with Crippen LogP contribution >= 0.6 is 43.5 Å². The minimum atomic E-state index is -0.266. The molecule has 0 radical (unpaired) electrons. The Labute approximate surface area is 122 Å². The number of halogens is 4.